The van der Waals surface area contributed by atoms with Gasteiger partial charge in [-0.25, -0.2) is 13.6 Å². The van der Waals surface area contributed by atoms with Gasteiger partial charge in [0.2, 0.25) is 0 Å². The zero-order valence-electron chi connectivity index (χ0n) is 7.51. The molecule has 3 nitrogen and oxygen atoms in total. The number of nitrogen functional groups attached to an aromatic ring is 1. The SMILES string of the molecule is Nc1cc(C(F)F)c(CI)cc1C(=O)O. The predicted octanol–water partition coefficient (Wildman–Crippen LogP) is 2.84. The summed E-state index contributed by atoms with van der Waals surface area (Å²) in [4.78, 5) is 10.7. The summed E-state index contributed by atoms with van der Waals surface area (Å²) in [6.07, 6.45) is -2.64. The zero-order valence-corrected chi connectivity index (χ0v) is 9.66. The standard InChI is InChI=1S/C9H8F2INO2/c10-8(11)5-2-7(13)6(9(14)15)1-4(5)3-12/h1-2,8H,3,13H2,(H,14,15). The van der Waals surface area contributed by atoms with Crippen molar-refractivity contribution in [3.63, 3.8) is 0 Å². The fourth-order valence-corrected chi connectivity index (χ4v) is 1.84. The first-order valence-corrected chi connectivity index (χ1v) is 5.49. The Bertz CT molecular complexity index is 396. The third-order valence-corrected chi connectivity index (χ3v) is 2.74. The van der Waals surface area contributed by atoms with Gasteiger partial charge < -0.3 is 10.8 Å². The molecule has 0 aliphatic rings. The Morgan fingerprint density at radius 1 is 1.53 bits per heavy atom. The number of benzene rings is 1. The highest BCUT2D eigenvalue weighted by Crippen LogP contribution is 2.29. The molecule has 0 heterocycles. The first-order valence-electron chi connectivity index (χ1n) is 3.97. The van der Waals surface area contributed by atoms with Crippen molar-refractivity contribution in [2.24, 2.45) is 0 Å². The predicted molar refractivity (Wildman–Crippen MR) is 60.5 cm³/mol. The number of alkyl halides is 3. The Labute approximate surface area is 98.4 Å². The van der Waals surface area contributed by atoms with Gasteiger partial charge in [0.05, 0.1) is 5.56 Å². The maximum Gasteiger partial charge on any atom is 0.337 e. The molecule has 0 spiro atoms. The van der Waals surface area contributed by atoms with Crippen molar-refractivity contribution >= 4 is 34.2 Å². The summed E-state index contributed by atoms with van der Waals surface area (Å²) >= 11 is 1.90. The summed E-state index contributed by atoms with van der Waals surface area (Å²) in [5.74, 6) is -1.21. The number of aromatic carboxylic acids is 1. The average Bonchev–Trinajstić information content (AvgIpc) is 2.16. The Morgan fingerprint density at radius 2 is 2.13 bits per heavy atom. The molecule has 0 aliphatic heterocycles. The molecule has 0 atom stereocenters. The summed E-state index contributed by atoms with van der Waals surface area (Å²) in [5, 5.41) is 8.75. The van der Waals surface area contributed by atoms with E-state index < -0.39 is 12.4 Å². The molecule has 1 aromatic carbocycles. The average molecular weight is 327 g/mol. The van der Waals surface area contributed by atoms with E-state index in [2.05, 4.69) is 0 Å². The Kier molecular flexibility index (Phi) is 3.83. The van der Waals surface area contributed by atoms with Crippen molar-refractivity contribution in [1.82, 2.24) is 0 Å². The number of nitrogens with two attached hydrogens (primary N) is 1. The van der Waals surface area contributed by atoms with E-state index >= 15 is 0 Å². The number of halogens is 3. The lowest BCUT2D eigenvalue weighted by Gasteiger charge is -2.09. The maximum absolute atomic E-state index is 12.5. The van der Waals surface area contributed by atoms with Crippen LogP contribution in [0.15, 0.2) is 12.1 Å². The van der Waals surface area contributed by atoms with Gasteiger partial charge in [0.15, 0.2) is 0 Å². The molecule has 0 radical (unpaired) electrons. The Balaban J connectivity index is 3.35. The Hall–Kier alpha value is -0.920. The molecule has 0 aromatic heterocycles. The van der Waals surface area contributed by atoms with Gasteiger partial charge in [0.25, 0.3) is 6.43 Å². The van der Waals surface area contributed by atoms with Crippen molar-refractivity contribution in [2.45, 2.75) is 10.9 Å². The van der Waals surface area contributed by atoms with Crippen LogP contribution in [0, 0.1) is 0 Å². The van der Waals surface area contributed by atoms with Gasteiger partial charge in [0, 0.05) is 15.7 Å². The number of rotatable bonds is 3. The maximum atomic E-state index is 12.5. The van der Waals surface area contributed by atoms with Gasteiger partial charge in [-0.1, -0.05) is 22.6 Å². The van der Waals surface area contributed by atoms with Crippen molar-refractivity contribution < 1.29 is 18.7 Å². The quantitative estimate of drug-likeness (QED) is 0.510. The zero-order chi connectivity index (χ0) is 11.6. The van der Waals surface area contributed by atoms with E-state index in [4.69, 9.17) is 10.8 Å². The molecule has 3 N–H and O–H groups in total. The number of hydrogen-bond donors (Lipinski definition) is 2. The van der Waals surface area contributed by atoms with Crippen molar-refractivity contribution in [3.05, 3.63) is 28.8 Å². The molecule has 82 valence electrons. The van der Waals surface area contributed by atoms with Gasteiger partial charge in [-0.15, -0.1) is 0 Å². The fourth-order valence-electron chi connectivity index (χ4n) is 1.18. The first-order chi connectivity index (χ1) is 6.97. The fraction of sp³-hybridized carbons (Fsp3) is 0.222. The minimum atomic E-state index is -2.64. The van der Waals surface area contributed by atoms with Crippen molar-refractivity contribution in [1.29, 1.82) is 0 Å². The summed E-state index contributed by atoms with van der Waals surface area (Å²) in [7, 11) is 0. The smallest absolute Gasteiger partial charge is 0.337 e. The molecular formula is C9H8F2INO2. The van der Waals surface area contributed by atoms with Crippen molar-refractivity contribution in [3.8, 4) is 0 Å². The number of anilines is 1. The molecule has 0 fully saturated rings. The second-order valence-corrected chi connectivity index (χ2v) is 3.64. The molecule has 0 amide bonds. The number of carboxylic acids is 1. The summed E-state index contributed by atoms with van der Waals surface area (Å²) in [6.45, 7) is 0. The lowest BCUT2D eigenvalue weighted by atomic mass is 10.0. The third kappa shape index (κ3) is 2.55. The molecule has 1 rings (SSSR count). The molecular weight excluding hydrogens is 319 g/mol. The van der Waals surface area contributed by atoms with Gasteiger partial charge in [-0.3, -0.25) is 0 Å². The van der Waals surface area contributed by atoms with Crippen LogP contribution in [0.25, 0.3) is 0 Å². The van der Waals surface area contributed by atoms with E-state index in [0.29, 0.717) is 9.99 Å². The van der Waals surface area contributed by atoms with Crippen LogP contribution in [0.4, 0.5) is 14.5 Å². The normalized spacial score (nSPS) is 10.7. The first kappa shape index (κ1) is 12.2. The van der Waals surface area contributed by atoms with E-state index in [9.17, 15) is 13.6 Å². The number of carbonyl (C=O) groups is 1. The topological polar surface area (TPSA) is 63.3 Å². The minimum Gasteiger partial charge on any atom is -0.478 e. The van der Waals surface area contributed by atoms with Crippen LogP contribution >= 0.6 is 22.6 Å². The summed E-state index contributed by atoms with van der Waals surface area (Å²) < 4.78 is 25.4. The lowest BCUT2D eigenvalue weighted by molar-refractivity contribution is 0.0697. The Morgan fingerprint density at radius 3 is 2.53 bits per heavy atom. The highest BCUT2D eigenvalue weighted by molar-refractivity contribution is 14.1. The van der Waals surface area contributed by atoms with E-state index in [1.54, 1.807) is 0 Å². The monoisotopic (exact) mass is 327 g/mol. The van der Waals surface area contributed by atoms with Crippen LogP contribution < -0.4 is 5.73 Å². The highest BCUT2D eigenvalue weighted by Gasteiger charge is 2.17. The molecule has 0 bridgehead atoms. The summed E-state index contributed by atoms with van der Waals surface area (Å²) in [5.41, 5.74) is 5.20. The molecule has 0 aliphatic carbocycles. The van der Waals surface area contributed by atoms with Crippen LogP contribution in [0.5, 0.6) is 0 Å². The molecule has 0 saturated heterocycles. The van der Waals surface area contributed by atoms with Gasteiger partial charge in [-0.2, -0.15) is 0 Å². The van der Waals surface area contributed by atoms with E-state index in [1.807, 2.05) is 22.6 Å². The third-order valence-electron chi connectivity index (χ3n) is 1.92. The number of carboxylic acid groups (broad SMARTS) is 1. The van der Waals surface area contributed by atoms with Crippen LogP contribution in [0.1, 0.15) is 27.9 Å². The van der Waals surface area contributed by atoms with E-state index in [-0.39, 0.29) is 16.8 Å². The lowest BCUT2D eigenvalue weighted by Crippen LogP contribution is -2.05. The largest absolute Gasteiger partial charge is 0.478 e. The molecule has 6 heteroatoms. The molecule has 0 unspecified atom stereocenters. The van der Waals surface area contributed by atoms with Crippen LogP contribution in [-0.2, 0) is 4.43 Å². The van der Waals surface area contributed by atoms with Crippen LogP contribution in [0.3, 0.4) is 0 Å². The van der Waals surface area contributed by atoms with Crippen molar-refractivity contribution in [2.75, 3.05) is 5.73 Å². The molecule has 0 saturated carbocycles. The summed E-state index contributed by atoms with van der Waals surface area (Å²) in [6, 6.07) is 2.23. The van der Waals surface area contributed by atoms with E-state index in [0.717, 1.165) is 6.07 Å². The van der Waals surface area contributed by atoms with Crippen LogP contribution in [-0.4, -0.2) is 11.1 Å². The second-order valence-electron chi connectivity index (χ2n) is 2.88. The molecule has 15 heavy (non-hydrogen) atoms. The number of hydrogen-bond acceptors (Lipinski definition) is 2. The van der Waals surface area contributed by atoms with E-state index in [1.165, 1.54) is 6.07 Å². The molecule has 1 aromatic rings. The second kappa shape index (κ2) is 4.73. The van der Waals surface area contributed by atoms with Gasteiger partial charge in [0.1, 0.15) is 0 Å². The van der Waals surface area contributed by atoms with Gasteiger partial charge in [-0.05, 0) is 17.7 Å². The minimum absolute atomic E-state index is 0.133. The van der Waals surface area contributed by atoms with Gasteiger partial charge >= 0.3 is 5.97 Å². The highest BCUT2D eigenvalue weighted by atomic mass is 127. The van der Waals surface area contributed by atoms with Crippen LogP contribution in [0.2, 0.25) is 0 Å².